The Labute approximate surface area is 122 Å². The van der Waals surface area contributed by atoms with E-state index in [2.05, 4.69) is 5.32 Å². The minimum atomic E-state index is -0.917. The quantitative estimate of drug-likeness (QED) is 0.256. The van der Waals surface area contributed by atoms with Gasteiger partial charge in [-0.25, -0.2) is 11.7 Å². The van der Waals surface area contributed by atoms with Crippen LogP contribution in [0.5, 0.6) is 0 Å². The molecule has 0 spiro atoms. The first kappa shape index (κ1) is 16.6. The number of nitrogens with one attached hydrogen (secondary N) is 3. The van der Waals surface area contributed by atoms with Gasteiger partial charge in [-0.3, -0.25) is 25.2 Å². The molecule has 7 N–H and O–H groups in total. The molecule has 0 heterocycles. The first-order chi connectivity index (χ1) is 9.99. The van der Waals surface area contributed by atoms with E-state index in [9.17, 15) is 14.4 Å². The Morgan fingerprint density at radius 3 is 2.38 bits per heavy atom. The molecule has 0 saturated heterocycles. The summed E-state index contributed by atoms with van der Waals surface area (Å²) in [5, 5.41) is 2.55. The van der Waals surface area contributed by atoms with Gasteiger partial charge in [0.2, 0.25) is 5.91 Å². The lowest BCUT2D eigenvalue weighted by Crippen LogP contribution is -2.49. The van der Waals surface area contributed by atoms with E-state index in [1.165, 1.54) is 0 Å². The predicted molar refractivity (Wildman–Crippen MR) is 76.3 cm³/mol. The fourth-order valence-electron chi connectivity index (χ4n) is 1.78. The Morgan fingerprint density at radius 2 is 1.81 bits per heavy atom. The third-order valence-corrected chi connectivity index (χ3v) is 2.97. The minimum absolute atomic E-state index is 0.0113. The average molecular weight is 293 g/mol. The van der Waals surface area contributed by atoms with Crippen LogP contribution in [0, 0.1) is 6.92 Å². The van der Waals surface area contributed by atoms with Crippen molar-refractivity contribution in [3.8, 4) is 0 Å². The number of carbonyl (C=O) groups excluding carboxylic acids is 3. The minimum Gasteiger partial charge on any atom is -0.340 e. The molecule has 1 atom stereocenters. The number of nitrogens with two attached hydrogens (primary N) is 2. The van der Waals surface area contributed by atoms with Gasteiger partial charge in [0.15, 0.2) is 0 Å². The van der Waals surface area contributed by atoms with E-state index >= 15 is 0 Å². The van der Waals surface area contributed by atoms with Crippen molar-refractivity contribution < 1.29 is 14.4 Å². The molecule has 0 fully saturated rings. The van der Waals surface area contributed by atoms with Crippen LogP contribution in [0.3, 0.4) is 0 Å². The highest BCUT2D eigenvalue weighted by Gasteiger charge is 2.22. The van der Waals surface area contributed by atoms with Crippen LogP contribution in [0.15, 0.2) is 24.3 Å². The van der Waals surface area contributed by atoms with Gasteiger partial charge in [0.1, 0.15) is 6.04 Å². The molecule has 1 aromatic carbocycles. The Hall–Kier alpha value is -2.45. The molecule has 1 aromatic rings. The number of hydrogen-bond acceptors (Lipinski definition) is 5. The van der Waals surface area contributed by atoms with E-state index in [4.69, 9.17) is 11.7 Å². The summed E-state index contributed by atoms with van der Waals surface area (Å²) in [6.07, 6.45) is 0.0757. The molecule has 8 nitrogen and oxygen atoms in total. The first-order valence-electron chi connectivity index (χ1n) is 6.36. The van der Waals surface area contributed by atoms with Gasteiger partial charge in [0.25, 0.3) is 11.8 Å². The fourth-order valence-corrected chi connectivity index (χ4v) is 1.78. The molecule has 0 radical (unpaired) electrons. The molecule has 114 valence electrons. The number of carbonyl (C=O) groups is 3. The maximum Gasteiger partial charge on any atom is 0.256 e. The summed E-state index contributed by atoms with van der Waals surface area (Å²) in [4.78, 5) is 34.9. The highest BCUT2D eigenvalue weighted by molar-refractivity contribution is 5.98. The summed E-state index contributed by atoms with van der Waals surface area (Å²) in [7, 11) is 0. The zero-order valence-corrected chi connectivity index (χ0v) is 11.7. The summed E-state index contributed by atoms with van der Waals surface area (Å²) in [6.45, 7) is 1.79. The molecule has 0 aliphatic rings. The number of hydrogen-bond donors (Lipinski definition) is 5. The third-order valence-electron chi connectivity index (χ3n) is 2.97. The van der Waals surface area contributed by atoms with Crippen LogP contribution in [0.4, 0.5) is 0 Å². The third kappa shape index (κ3) is 4.86. The normalized spacial score (nSPS) is 11.4. The Morgan fingerprint density at radius 1 is 1.14 bits per heavy atom. The molecule has 0 aromatic heterocycles. The van der Waals surface area contributed by atoms with E-state index in [-0.39, 0.29) is 12.8 Å². The summed E-state index contributed by atoms with van der Waals surface area (Å²) in [5.41, 5.74) is 5.15. The van der Waals surface area contributed by atoms with Crippen molar-refractivity contribution in [2.24, 2.45) is 11.7 Å². The standard InChI is InChI=1S/C13H19N5O3/c1-8-4-2-3-5-9(8)12(20)16-10(13(21)18-15)6-7-11(19)17-14/h2-5,10H,6-7,14-15H2,1H3,(H,16,20)(H,17,19)(H,18,21)/t10-/m1/s1. The zero-order valence-electron chi connectivity index (χ0n) is 11.7. The van der Waals surface area contributed by atoms with Crippen molar-refractivity contribution in [1.82, 2.24) is 16.2 Å². The molecule has 21 heavy (non-hydrogen) atoms. The predicted octanol–water partition coefficient (Wildman–Crippen LogP) is -1.15. The van der Waals surface area contributed by atoms with Gasteiger partial charge in [0, 0.05) is 12.0 Å². The number of hydrazine groups is 2. The molecule has 0 aliphatic heterocycles. The SMILES string of the molecule is Cc1ccccc1C(=O)N[C@H](CCC(=O)NN)C(=O)NN. The maximum absolute atomic E-state index is 12.2. The van der Waals surface area contributed by atoms with Crippen LogP contribution in [-0.2, 0) is 9.59 Å². The van der Waals surface area contributed by atoms with Gasteiger partial charge in [0.05, 0.1) is 0 Å². The second kappa shape index (κ2) is 7.98. The van der Waals surface area contributed by atoms with Gasteiger partial charge in [-0.05, 0) is 25.0 Å². The molecule has 0 saturated carbocycles. The van der Waals surface area contributed by atoms with E-state index in [1.807, 2.05) is 16.9 Å². The van der Waals surface area contributed by atoms with Crippen LogP contribution in [0.25, 0.3) is 0 Å². The smallest absolute Gasteiger partial charge is 0.256 e. The molecular weight excluding hydrogens is 274 g/mol. The molecule has 0 unspecified atom stereocenters. The van der Waals surface area contributed by atoms with Crippen LogP contribution in [0.2, 0.25) is 0 Å². The molecule has 8 heteroatoms. The van der Waals surface area contributed by atoms with Crippen molar-refractivity contribution in [2.45, 2.75) is 25.8 Å². The second-order valence-corrected chi connectivity index (χ2v) is 4.46. The highest BCUT2D eigenvalue weighted by atomic mass is 16.2. The average Bonchev–Trinajstić information content (AvgIpc) is 2.50. The Balaban J connectivity index is 2.76. The number of benzene rings is 1. The largest absolute Gasteiger partial charge is 0.340 e. The summed E-state index contributed by atoms with van der Waals surface area (Å²) >= 11 is 0. The number of rotatable bonds is 6. The van der Waals surface area contributed by atoms with Gasteiger partial charge in [-0.2, -0.15) is 0 Å². The first-order valence-corrected chi connectivity index (χ1v) is 6.36. The maximum atomic E-state index is 12.2. The van der Waals surface area contributed by atoms with Crippen LogP contribution in [-0.4, -0.2) is 23.8 Å². The van der Waals surface area contributed by atoms with Gasteiger partial charge < -0.3 is 5.32 Å². The summed E-state index contributed by atoms with van der Waals surface area (Å²) in [6, 6.07) is 6.05. The van der Waals surface area contributed by atoms with E-state index < -0.39 is 23.8 Å². The molecule has 3 amide bonds. The van der Waals surface area contributed by atoms with Gasteiger partial charge in [-0.15, -0.1) is 0 Å². The highest BCUT2D eigenvalue weighted by Crippen LogP contribution is 2.08. The molecule has 0 bridgehead atoms. The lowest BCUT2D eigenvalue weighted by molar-refractivity contribution is -0.124. The van der Waals surface area contributed by atoms with E-state index in [0.29, 0.717) is 5.56 Å². The lowest BCUT2D eigenvalue weighted by Gasteiger charge is -2.17. The zero-order chi connectivity index (χ0) is 15.8. The molecule has 0 aliphatic carbocycles. The Kier molecular flexibility index (Phi) is 6.31. The van der Waals surface area contributed by atoms with Crippen LogP contribution < -0.4 is 27.9 Å². The van der Waals surface area contributed by atoms with Crippen LogP contribution >= 0.6 is 0 Å². The van der Waals surface area contributed by atoms with Crippen molar-refractivity contribution in [3.63, 3.8) is 0 Å². The molecule has 1 rings (SSSR count). The number of amides is 3. The summed E-state index contributed by atoms with van der Waals surface area (Å²) in [5.74, 6) is 8.62. The second-order valence-electron chi connectivity index (χ2n) is 4.46. The van der Waals surface area contributed by atoms with Crippen molar-refractivity contribution in [2.75, 3.05) is 0 Å². The number of aryl methyl sites for hydroxylation is 1. The Bertz CT molecular complexity index is 532. The van der Waals surface area contributed by atoms with Crippen molar-refractivity contribution in [3.05, 3.63) is 35.4 Å². The lowest BCUT2D eigenvalue weighted by atomic mass is 10.1. The fraction of sp³-hybridized carbons (Fsp3) is 0.308. The van der Waals surface area contributed by atoms with Crippen LogP contribution in [0.1, 0.15) is 28.8 Å². The monoisotopic (exact) mass is 293 g/mol. The van der Waals surface area contributed by atoms with E-state index in [1.54, 1.807) is 25.1 Å². The van der Waals surface area contributed by atoms with Gasteiger partial charge in [-0.1, -0.05) is 18.2 Å². The molecular formula is C13H19N5O3. The van der Waals surface area contributed by atoms with E-state index in [0.717, 1.165) is 5.56 Å². The van der Waals surface area contributed by atoms with Crippen molar-refractivity contribution >= 4 is 17.7 Å². The summed E-state index contributed by atoms with van der Waals surface area (Å²) < 4.78 is 0. The van der Waals surface area contributed by atoms with Gasteiger partial charge >= 0.3 is 0 Å². The topological polar surface area (TPSA) is 139 Å². The van der Waals surface area contributed by atoms with Crippen molar-refractivity contribution in [1.29, 1.82) is 0 Å².